The minimum Gasteiger partial charge on any atom is -0.477 e. The molecule has 0 saturated heterocycles. The fourth-order valence-corrected chi connectivity index (χ4v) is 2.75. The molecular weight excluding hydrogens is 307 g/mol. The van der Waals surface area contributed by atoms with Gasteiger partial charge in [0.05, 0.1) is 6.57 Å². The van der Waals surface area contributed by atoms with E-state index in [1.54, 1.807) is 49.5 Å². The molecule has 0 bridgehead atoms. The molecule has 1 heterocycles. The first kappa shape index (κ1) is 15.5. The molecule has 0 spiro atoms. The van der Waals surface area contributed by atoms with Gasteiger partial charge in [0, 0.05) is 24.4 Å². The zero-order valence-electron chi connectivity index (χ0n) is 12.8. The fourth-order valence-electron chi connectivity index (χ4n) is 2.75. The van der Waals surface area contributed by atoms with Crippen molar-refractivity contribution in [1.29, 1.82) is 0 Å². The Morgan fingerprint density at radius 1 is 1.12 bits per heavy atom. The third-order valence-corrected chi connectivity index (χ3v) is 3.84. The largest absolute Gasteiger partial charge is 0.477 e. The molecule has 0 unspecified atom stereocenters. The van der Waals surface area contributed by atoms with Crippen molar-refractivity contribution in [3.8, 4) is 22.3 Å². The van der Waals surface area contributed by atoms with Crippen LogP contribution >= 0.6 is 0 Å². The standard InChI is InChI=1S/C19H13FN2O2/c1-21-16-11-22(2)18(19(23)24)17(16)13-9-7-12(8-10-13)14-5-3-4-6-15(14)20/h3-11H,2H3,(H,23,24). The average molecular weight is 320 g/mol. The van der Waals surface area contributed by atoms with Gasteiger partial charge in [0.25, 0.3) is 0 Å². The van der Waals surface area contributed by atoms with Gasteiger partial charge in [-0.3, -0.25) is 0 Å². The molecule has 0 aliphatic heterocycles. The summed E-state index contributed by atoms with van der Waals surface area (Å²) in [4.78, 5) is 14.9. The Labute approximate surface area is 138 Å². The Hall–Kier alpha value is -3.39. The van der Waals surface area contributed by atoms with Gasteiger partial charge in [-0.2, -0.15) is 0 Å². The number of hydrogen-bond donors (Lipinski definition) is 1. The van der Waals surface area contributed by atoms with Crippen LogP contribution in [0, 0.1) is 12.4 Å². The number of benzene rings is 2. The molecule has 1 aromatic heterocycles. The van der Waals surface area contributed by atoms with Gasteiger partial charge in [-0.1, -0.05) is 42.5 Å². The van der Waals surface area contributed by atoms with Crippen molar-refractivity contribution in [1.82, 2.24) is 4.57 Å². The maximum absolute atomic E-state index is 13.9. The Bertz CT molecular complexity index is 966. The predicted octanol–water partition coefficient (Wildman–Crippen LogP) is 4.75. The zero-order chi connectivity index (χ0) is 17.3. The van der Waals surface area contributed by atoms with Gasteiger partial charge >= 0.3 is 5.97 Å². The summed E-state index contributed by atoms with van der Waals surface area (Å²) >= 11 is 0. The normalized spacial score (nSPS) is 10.4. The number of aryl methyl sites for hydroxylation is 1. The fraction of sp³-hybridized carbons (Fsp3) is 0.0526. The molecule has 3 rings (SSSR count). The van der Waals surface area contributed by atoms with Crippen LogP contribution < -0.4 is 0 Å². The molecule has 0 amide bonds. The van der Waals surface area contributed by atoms with E-state index in [0.29, 0.717) is 22.3 Å². The van der Waals surface area contributed by atoms with E-state index < -0.39 is 5.97 Å². The summed E-state index contributed by atoms with van der Waals surface area (Å²) in [6, 6.07) is 13.3. The van der Waals surface area contributed by atoms with E-state index in [4.69, 9.17) is 6.57 Å². The van der Waals surface area contributed by atoms with Crippen molar-refractivity contribution < 1.29 is 14.3 Å². The summed E-state index contributed by atoms with van der Waals surface area (Å²) < 4.78 is 15.3. The Morgan fingerprint density at radius 2 is 1.75 bits per heavy atom. The van der Waals surface area contributed by atoms with Crippen LogP contribution in [0.15, 0.2) is 54.7 Å². The van der Waals surface area contributed by atoms with E-state index in [2.05, 4.69) is 4.85 Å². The number of aromatic carboxylic acids is 1. The predicted molar refractivity (Wildman–Crippen MR) is 89.5 cm³/mol. The molecule has 0 fully saturated rings. The Kier molecular flexibility index (Phi) is 3.88. The number of carboxylic acids is 1. The van der Waals surface area contributed by atoms with E-state index in [1.165, 1.54) is 16.8 Å². The van der Waals surface area contributed by atoms with E-state index in [1.807, 2.05) is 0 Å². The third kappa shape index (κ3) is 2.55. The molecule has 118 valence electrons. The highest BCUT2D eigenvalue weighted by molar-refractivity contribution is 5.99. The number of carboxylic acid groups (broad SMARTS) is 1. The van der Waals surface area contributed by atoms with Crippen molar-refractivity contribution in [2.24, 2.45) is 7.05 Å². The number of hydrogen-bond acceptors (Lipinski definition) is 1. The van der Waals surface area contributed by atoms with Crippen LogP contribution in [0.1, 0.15) is 10.5 Å². The highest BCUT2D eigenvalue weighted by Gasteiger charge is 2.21. The van der Waals surface area contributed by atoms with Crippen LogP contribution in [-0.2, 0) is 7.05 Å². The first-order chi connectivity index (χ1) is 11.5. The van der Waals surface area contributed by atoms with Crippen LogP contribution in [0.4, 0.5) is 10.1 Å². The van der Waals surface area contributed by atoms with Gasteiger partial charge in [-0.15, -0.1) is 0 Å². The maximum Gasteiger partial charge on any atom is 0.351 e. The molecule has 4 nitrogen and oxygen atoms in total. The second kappa shape index (κ2) is 6.01. The van der Waals surface area contributed by atoms with Gasteiger partial charge in [-0.25, -0.2) is 14.0 Å². The number of aromatic nitrogens is 1. The average Bonchev–Trinajstić information content (AvgIpc) is 2.92. The zero-order valence-corrected chi connectivity index (χ0v) is 12.8. The number of halogens is 1. The first-order valence-electron chi connectivity index (χ1n) is 7.18. The second-order valence-corrected chi connectivity index (χ2v) is 5.32. The molecule has 1 N–H and O–H groups in total. The smallest absolute Gasteiger partial charge is 0.351 e. The monoisotopic (exact) mass is 320 g/mol. The molecule has 5 heteroatoms. The van der Waals surface area contributed by atoms with Crippen LogP contribution in [0.3, 0.4) is 0 Å². The SMILES string of the molecule is [C-]#[N+]c1cn(C)c(C(=O)O)c1-c1ccc(-c2ccccc2F)cc1. The molecule has 0 atom stereocenters. The van der Waals surface area contributed by atoms with Crippen molar-refractivity contribution in [3.05, 3.63) is 77.7 Å². The minimum absolute atomic E-state index is 0.0552. The summed E-state index contributed by atoms with van der Waals surface area (Å²) in [5, 5.41) is 9.41. The molecule has 0 aliphatic carbocycles. The lowest BCUT2D eigenvalue weighted by Gasteiger charge is -2.07. The van der Waals surface area contributed by atoms with Crippen LogP contribution in [0.5, 0.6) is 0 Å². The van der Waals surface area contributed by atoms with Crippen molar-refractivity contribution in [2.45, 2.75) is 0 Å². The summed E-state index contributed by atoms with van der Waals surface area (Å²) in [5.74, 6) is -1.42. The molecule has 0 saturated carbocycles. The van der Waals surface area contributed by atoms with Gasteiger partial charge in [0.1, 0.15) is 11.5 Å². The number of carbonyl (C=O) groups is 1. The first-order valence-corrected chi connectivity index (χ1v) is 7.18. The van der Waals surface area contributed by atoms with E-state index in [9.17, 15) is 14.3 Å². The minimum atomic E-state index is -1.10. The molecular formula is C19H13FN2O2. The lowest BCUT2D eigenvalue weighted by molar-refractivity contribution is 0.0687. The van der Waals surface area contributed by atoms with Crippen LogP contribution in [-0.4, -0.2) is 15.6 Å². The van der Waals surface area contributed by atoms with Crippen LogP contribution in [0.25, 0.3) is 27.1 Å². The van der Waals surface area contributed by atoms with Gasteiger partial charge in [0.2, 0.25) is 5.69 Å². The van der Waals surface area contributed by atoms with Gasteiger partial charge in [-0.05, 0) is 17.2 Å². The Morgan fingerprint density at radius 3 is 2.33 bits per heavy atom. The van der Waals surface area contributed by atoms with E-state index >= 15 is 0 Å². The molecule has 24 heavy (non-hydrogen) atoms. The Balaban J connectivity index is 2.12. The second-order valence-electron chi connectivity index (χ2n) is 5.32. The van der Waals surface area contributed by atoms with Crippen molar-refractivity contribution >= 4 is 11.7 Å². The molecule has 2 aromatic carbocycles. The van der Waals surface area contributed by atoms with Crippen molar-refractivity contribution in [2.75, 3.05) is 0 Å². The van der Waals surface area contributed by atoms with Gasteiger partial charge < -0.3 is 9.67 Å². The quantitative estimate of drug-likeness (QED) is 0.708. The highest BCUT2D eigenvalue weighted by atomic mass is 19.1. The topological polar surface area (TPSA) is 46.6 Å². The lowest BCUT2D eigenvalue weighted by atomic mass is 9.99. The summed E-state index contributed by atoms with van der Waals surface area (Å²) in [7, 11) is 1.59. The maximum atomic E-state index is 13.9. The lowest BCUT2D eigenvalue weighted by Crippen LogP contribution is -2.05. The summed E-state index contributed by atoms with van der Waals surface area (Å²) in [5.41, 5.74) is 2.47. The van der Waals surface area contributed by atoms with E-state index in [0.717, 1.165) is 0 Å². The number of rotatable bonds is 3. The van der Waals surface area contributed by atoms with Crippen LogP contribution in [0.2, 0.25) is 0 Å². The highest BCUT2D eigenvalue weighted by Crippen LogP contribution is 2.36. The summed E-state index contributed by atoms with van der Waals surface area (Å²) in [6.45, 7) is 7.26. The number of nitrogens with zero attached hydrogens (tertiary/aromatic N) is 2. The molecule has 0 aliphatic rings. The molecule has 3 aromatic rings. The molecule has 0 radical (unpaired) electrons. The van der Waals surface area contributed by atoms with Crippen molar-refractivity contribution in [3.63, 3.8) is 0 Å². The summed E-state index contributed by atoms with van der Waals surface area (Å²) in [6.07, 6.45) is 1.50. The van der Waals surface area contributed by atoms with E-state index in [-0.39, 0.29) is 17.2 Å². The third-order valence-electron chi connectivity index (χ3n) is 3.84. The van der Waals surface area contributed by atoms with Gasteiger partial charge in [0.15, 0.2) is 0 Å².